The van der Waals surface area contributed by atoms with Gasteiger partial charge in [-0.1, -0.05) is 0 Å². The summed E-state index contributed by atoms with van der Waals surface area (Å²) in [6.07, 6.45) is 10.7. The molecule has 0 bridgehead atoms. The zero-order valence-electron chi connectivity index (χ0n) is 22.0. The highest BCUT2D eigenvalue weighted by atomic mass is 16.6. The highest BCUT2D eigenvalue weighted by molar-refractivity contribution is 5.84. The van der Waals surface area contributed by atoms with E-state index in [4.69, 9.17) is 18.3 Å². The van der Waals surface area contributed by atoms with Gasteiger partial charge < -0.3 is 28.5 Å². The van der Waals surface area contributed by atoms with Crippen LogP contribution in [0.2, 0.25) is 0 Å². The minimum atomic E-state index is -0.747. The van der Waals surface area contributed by atoms with E-state index in [2.05, 4.69) is 0 Å². The fraction of sp³-hybridized carbons (Fsp3) is 0. The van der Waals surface area contributed by atoms with Gasteiger partial charge in [0.1, 0.15) is 46.7 Å². The number of hydrogen-bond acceptors (Lipinski definition) is 12. The third-order valence-electron chi connectivity index (χ3n) is 6.60. The maximum Gasteiger partial charge on any atom is 0.346 e. The molecule has 0 radical (unpaired) electrons. The largest absolute Gasteiger partial charge is 0.508 e. The van der Waals surface area contributed by atoms with Crippen LogP contribution in [0.15, 0.2) is 103 Å². The zero-order valence-corrected chi connectivity index (χ0v) is 22.0. The molecule has 0 saturated carbocycles. The van der Waals surface area contributed by atoms with Gasteiger partial charge in [0, 0.05) is 0 Å². The van der Waals surface area contributed by atoms with Crippen LogP contribution in [-0.2, 0) is 0 Å². The number of benzene rings is 2. The summed E-state index contributed by atoms with van der Waals surface area (Å²) in [6, 6.07) is 6.98. The lowest BCUT2D eigenvalue weighted by Crippen LogP contribution is -2.12. The van der Waals surface area contributed by atoms with Crippen molar-refractivity contribution in [3.05, 3.63) is 137 Å². The maximum atomic E-state index is 12.4. The van der Waals surface area contributed by atoms with Crippen LogP contribution in [-0.4, -0.2) is 20.1 Å². The first-order chi connectivity index (χ1) is 21.1. The Morgan fingerprint density at radius 3 is 1.41 bits per heavy atom. The molecule has 0 aliphatic carbocycles. The molecular formula is C30H16N2O12. The molecule has 6 rings (SSSR count). The van der Waals surface area contributed by atoms with E-state index in [0.717, 1.165) is 24.7 Å². The first-order valence-corrected chi connectivity index (χ1v) is 12.5. The molecule has 4 aromatic rings. The van der Waals surface area contributed by atoms with Crippen LogP contribution in [0.1, 0.15) is 11.1 Å². The molecule has 14 nitrogen and oxygen atoms in total. The van der Waals surface area contributed by atoms with E-state index < -0.39 is 32.5 Å². The number of nitro groups is 2. The predicted molar refractivity (Wildman–Crippen MR) is 153 cm³/mol. The lowest BCUT2D eigenvalue weighted by Gasteiger charge is -2.18. The Bertz CT molecular complexity index is 2000. The second kappa shape index (κ2) is 10.6. The summed E-state index contributed by atoms with van der Waals surface area (Å²) in [5, 5.41) is 42.8. The summed E-state index contributed by atoms with van der Waals surface area (Å²) < 4.78 is 22.0. The maximum absolute atomic E-state index is 12.4. The van der Waals surface area contributed by atoms with Gasteiger partial charge in [-0.15, -0.1) is 0 Å². The van der Waals surface area contributed by atoms with Gasteiger partial charge in [0.2, 0.25) is 0 Å². The summed E-state index contributed by atoms with van der Waals surface area (Å²) in [5.41, 5.74) is -2.13. The standard InChI is InChI=1S/C30H16N2O12/c33-15-1-7-19(25(11-15)31(37)38)23-13-41-29(35)21-9-5-17(43-27(21)23)3-4-18-6-10-22-28(44-18)24(14-42-30(22)36)20-8-2-16(34)12-26(20)32(39)40/h1-14,33-34H/b17-3+,18-4+. The highest BCUT2D eigenvalue weighted by Crippen LogP contribution is 2.43. The van der Waals surface area contributed by atoms with Crippen LogP contribution in [0.3, 0.4) is 0 Å². The summed E-state index contributed by atoms with van der Waals surface area (Å²) in [5.74, 6) is -0.337. The Kier molecular flexibility index (Phi) is 6.62. The molecule has 0 unspecified atom stereocenters. The first-order valence-electron chi connectivity index (χ1n) is 12.5. The van der Waals surface area contributed by atoms with E-state index in [1.54, 1.807) is 0 Å². The Morgan fingerprint density at radius 1 is 0.614 bits per heavy atom. The van der Waals surface area contributed by atoms with E-state index in [-0.39, 0.29) is 67.9 Å². The number of ether oxygens (including phenoxy) is 2. The number of aromatic hydroxyl groups is 2. The molecule has 218 valence electrons. The van der Waals surface area contributed by atoms with Gasteiger partial charge in [-0.3, -0.25) is 20.2 Å². The third kappa shape index (κ3) is 4.87. The van der Waals surface area contributed by atoms with Crippen LogP contribution < -0.4 is 20.7 Å². The molecule has 2 aliphatic rings. The van der Waals surface area contributed by atoms with Gasteiger partial charge in [-0.25, -0.2) is 9.59 Å². The smallest absolute Gasteiger partial charge is 0.346 e. The van der Waals surface area contributed by atoms with Gasteiger partial charge in [0.15, 0.2) is 11.5 Å². The van der Waals surface area contributed by atoms with Crippen LogP contribution in [0.4, 0.5) is 11.4 Å². The van der Waals surface area contributed by atoms with E-state index in [0.29, 0.717) is 0 Å². The van der Waals surface area contributed by atoms with Crippen molar-refractivity contribution in [3.8, 4) is 45.3 Å². The second-order valence-electron chi connectivity index (χ2n) is 9.29. The molecule has 2 aromatic heterocycles. The molecule has 0 saturated heterocycles. The van der Waals surface area contributed by atoms with Gasteiger partial charge in [0.25, 0.3) is 11.4 Å². The molecule has 2 aromatic carbocycles. The zero-order chi connectivity index (χ0) is 31.1. The van der Waals surface area contributed by atoms with Crippen LogP contribution in [0, 0.1) is 20.2 Å². The topological polar surface area (TPSA) is 206 Å². The average molecular weight is 596 g/mol. The van der Waals surface area contributed by atoms with Crippen LogP contribution in [0.25, 0.3) is 34.4 Å². The number of phenols is 2. The highest BCUT2D eigenvalue weighted by Gasteiger charge is 2.27. The van der Waals surface area contributed by atoms with E-state index in [9.17, 15) is 40.0 Å². The molecule has 0 amide bonds. The van der Waals surface area contributed by atoms with Crippen molar-refractivity contribution in [1.29, 1.82) is 0 Å². The molecule has 0 atom stereocenters. The molecule has 14 heteroatoms. The number of nitro benzene ring substituents is 2. The number of hydrogen-bond donors (Lipinski definition) is 2. The van der Waals surface area contributed by atoms with Crippen molar-refractivity contribution in [1.82, 2.24) is 0 Å². The summed E-state index contributed by atoms with van der Waals surface area (Å²) in [7, 11) is 0. The van der Waals surface area contributed by atoms with Crippen molar-refractivity contribution < 1.29 is 38.4 Å². The lowest BCUT2D eigenvalue weighted by atomic mass is 10.0. The van der Waals surface area contributed by atoms with Gasteiger partial charge in [-0.05, 0) is 60.7 Å². The minimum absolute atomic E-state index is 0.00396. The predicted octanol–water partition coefficient (Wildman–Crippen LogP) is 5.43. The fourth-order valence-electron chi connectivity index (χ4n) is 4.59. The molecule has 4 heterocycles. The van der Waals surface area contributed by atoms with E-state index in [1.807, 2.05) is 0 Å². The Morgan fingerprint density at radius 2 is 1.02 bits per heavy atom. The Hall–Kier alpha value is -6.70. The van der Waals surface area contributed by atoms with Crippen molar-refractivity contribution in [3.63, 3.8) is 0 Å². The minimum Gasteiger partial charge on any atom is -0.508 e. The second-order valence-corrected chi connectivity index (χ2v) is 9.29. The van der Waals surface area contributed by atoms with Crippen molar-refractivity contribution in [2.45, 2.75) is 0 Å². The first kappa shape index (κ1) is 27.5. The molecule has 0 fully saturated rings. The van der Waals surface area contributed by atoms with Gasteiger partial charge in [-0.2, -0.15) is 0 Å². The normalized spacial score (nSPS) is 14.9. The summed E-state index contributed by atoms with van der Waals surface area (Å²) >= 11 is 0. The Labute approximate surface area is 244 Å². The Balaban J connectivity index is 1.37. The van der Waals surface area contributed by atoms with E-state index in [1.165, 1.54) is 60.7 Å². The number of allylic oxidation sites excluding steroid dienone is 4. The van der Waals surface area contributed by atoms with Crippen molar-refractivity contribution in [2.24, 2.45) is 0 Å². The molecule has 0 spiro atoms. The van der Waals surface area contributed by atoms with E-state index >= 15 is 0 Å². The number of rotatable bonds is 5. The van der Waals surface area contributed by atoms with Crippen molar-refractivity contribution in [2.75, 3.05) is 0 Å². The lowest BCUT2D eigenvalue weighted by molar-refractivity contribution is -0.384. The molecule has 2 N–H and O–H groups in total. The third-order valence-corrected chi connectivity index (χ3v) is 6.60. The molecule has 44 heavy (non-hydrogen) atoms. The average Bonchev–Trinajstić information content (AvgIpc) is 3.00. The van der Waals surface area contributed by atoms with Crippen LogP contribution in [0.5, 0.6) is 23.0 Å². The SMILES string of the molecule is O=c1occ(-c2ccc(O)cc2[N+](=O)[O-])c2c1C=C/C(=C\C=C1/C=Cc3c(c(-c4ccc(O)cc4[N+](=O)[O-])coc3=O)O1)O2. The fourth-order valence-corrected chi connectivity index (χ4v) is 4.59. The van der Waals surface area contributed by atoms with Gasteiger partial charge in [0.05, 0.1) is 44.2 Å². The van der Waals surface area contributed by atoms with Crippen molar-refractivity contribution >= 4 is 23.5 Å². The molecule has 2 aliphatic heterocycles. The number of fused-ring (bicyclic) bond motifs is 2. The number of phenolic OH excluding ortho intramolecular Hbond substituents is 2. The monoisotopic (exact) mass is 596 g/mol. The quantitative estimate of drug-likeness (QED) is 0.218. The van der Waals surface area contributed by atoms with Gasteiger partial charge >= 0.3 is 11.3 Å². The number of nitrogens with zero attached hydrogens (tertiary/aromatic N) is 2. The summed E-state index contributed by atoms with van der Waals surface area (Å²) in [6.45, 7) is 0. The molecular weight excluding hydrogens is 580 g/mol. The van der Waals surface area contributed by atoms with Crippen LogP contribution >= 0.6 is 0 Å². The summed E-state index contributed by atoms with van der Waals surface area (Å²) in [4.78, 5) is 46.7.